The van der Waals surface area contributed by atoms with Crippen LogP contribution in [0.25, 0.3) is 10.1 Å². The molecule has 0 aliphatic rings. The molecule has 4 rings (SSSR count). The van der Waals surface area contributed by atoms with E-state index >= 15 is 0 Å². The van der Waals surface area contributed by atoms with Gasteiger partial charge in [0.25, 0.3) is 5.91 Å². The predicted molar refractivity (Wildman–Crippen MR) is 131 cm³/mol. The number of hydrazone groups is 1. The smallest absolute Gasteiger partial charge is 0.355 e. The Morgan fingerprint density at radius 1 is 1.00 bits per heavy atom. The van der Waals surface area contributed by atoms with Crippen LogP contribution in [-0.2, 0) is 0 Å². The van der Waals surface area contributed by atoms with E-state index in [4.69, 9.17) is 21.1 Å². The lowest BCUT2D eigenvalue weighted by molar-refractivity contribution is 0.0739. The van der Waals surface area contributed by atoms with E-state index in [1.54, 1.807) is 49.6 Å². The molecule has 33 heavy (non-hydrogen) atoms. The molecule has 1 heterocycles. The summed E-state index contributed by atoms with van der Waals surface area (Å²) in [6.07, 6.45) is 1.51. The van der Waals surface area contributed by atoms with Crippen molar-refractivity contribution in [2.75, 3.05) is 7.11 Å². The first-order valence-electron chi connectivity index (χ1n) is 9.93. The fourth-order valence-corrected chi connectivity index (χ4v) is 4.43. The third-order valence-electron chi connectivity index (χ3n) is 4.81. The minimum atomic E-state index is -0.535. The van der Waals surface area contributed by atoms with Crippen LogP contribution in [0.15, 0.2) is 71.8 Å². The molecule has 1 aromatic heterocycles. The minimum Gasteiger partial charge on any atom is -0.497 e. The predicted octanol–water partition coefficient (Wildman–Crippen LogP) is 5.85. The number of esters is 1. The van der Waals surface area contributed by atoms with E-state index in [0.717, 1.165) is 21.2 Å². The molecular weight excluding hydrogens is 460 g/mol. The van der Waals surface area contributed by atoms with Gasteiger partial charge >= 0.3 is 5.97 Å². The molecule has 0 radical (unpaired) electrons. The fourth-order valence-electron chi connectivity index (χ4n) is 3.01. The summed E-state index contributed by atoms with van der Waals surface area (Å²) in [5, 5.41) is 5.10. The van der Waals surface area contributed by atoms with Crippen LogP contribution in [-0.4, -0.2) is 25.2 Å². The highest BCUT2D eigenvalue weighted by Crippen LogP contribution is 2.37. The van der Waals surface area contributed by atoms with Gasteiger partial charge in [-0.3, -0.25) is 4.79 Å². The van der Waals surface area contributed by atoms with Crippen molar-refractivity contribution in [3.8, 4) is 11.5 Å². The second-order valence-corrected chi connectivity index (χ2v) is 8.56. The number of hydrogen-bond donors (Lipinski definition) is 1. The number of benzene rings is 3. The van der Waals surface area contributed by atoms with Crippen LogP contribution in [0.1, 0.15) is 31.2 Å². The Labute approximate surface area is 199 Å². The summed E-state index contributed by atoms with van der Waals surface area (Å²) < 4.78 is 11.5. The molecule has 166 valence electrons. The highest BCUT2D eigenvalue weighted by molar-refractivity contribution is 7.21. The second-order valence-electron chi connectivity index (χ2n) is 7.13. The van der Waals surface area contributed by atoms with Crippen LogP contribution in [0, 0.1) is 6.92 Å². The third-order valence-corrected chi connectivity index (χ3v) is 6.44. The molecule has 1 N–H and O–H groups in total. The van der Waals surface area contributed by atoms with Crippen molar-refractivity contribution in [3.63, 3.8) is 0 Å². The number of carbonyl (C=O) groups excluding carboxylic acids is 2. The number of ether oxygens (including phenoxy) is 2. The lowest BCUT2D eigenvalue weighted by atomic mass is 10.1. The normalized spacial score (nSPS) is 11.0. The zero-order valence-corrected chi connectivity index (χ0v) is 19.4. The van der Waals surface area contributed by atoms with Crippen LogP contribution in [0.4, 0.5) is 0 Å². The van der Waals surface area contributed by atoms with Gasteiger partial charge in [0.2, 0.25) is 0 Å². The number of rotatable bonds is 6. The number of fused-ring (bicyclic) bond motifs is 1. The Morgan fingerprint density at radius 3 is 2.39 bits per heavy atom. The SMILES string of the molecule is COc1ccc2c(Cl)c(C(=O)Oc3ccc(/C=N/NC(=O)c4ccc(C)cc4)cc3)sc2c1. The molecule has 0 aliphatic carbocycles. The Balaban J connectivity index is 1.39. The first-order chi connectivity index (χ1) is 15.9. The second kappa shape index (κ2) is 9.85. The summed E-state index contributed by atoms with van der Waals surface area (Å²) in [5.41, 5.74) is 4.81. The number of carbonyl (C=O) groups is 2. The van der Waals surface area contributed by atoms with E-state index in [0.29, 0.717) is 27.0 Å². The molecule has 0 fully saturated rings. The largest absolute Gasteiger partial charge is 0.497 e. The molecule has 0 aliphatic heterocycles. The van der Waals surface area contributed by atoms with Gasteiger partial charge in [-0.15, -0.1) is 11.3 Å². The van der Waals surface area contributed by atoms with E-state index in [1.165, 1.54) is 17.6 Å². The number of hydrogen-bond acceptors (Lipinski definition) is 6. The van der Waals surface area contributed by atoms with E-state index in [9.17, 15) is 9.59 Å². The lowest BCUT2D eigenvalue weighted by Gasteiger charge is -2.04. The minimum absolute atomic E-state index is 0.297. The Morgan fingerprint density at radius 2 is 1.70 bits per heavy atom. The molecule has 4 aromatic rings. The van der Waals surface area contributed by atoms with Gasteiger partial charge < -0.3 is 9.47 Å². The van der Waals surface area contributed by atoms with Crippen LogP contribution < -0.4 is 14.9 Å². The van der Waals surface area contributed by atoms with E-state index in [2.05, 4.69) is 10.5 Å². The molecule has 0 unspecified atom stereocenters. The highest BCUT2D eigenvalue weighted by Gasteiger charge is 2.19. The van der Waals surface area contributed by atoms with E-state index in [1.807, 2.05) is 31.2 Å². The fraction of sp³-hybridized carbons (Fsp3) is 0.0800. The van der Waals surface area contributed by atoms with Gasteiger partial charge in [-0.05, 0) is 67.1 Å². The van der Waals surface area contributed by atoms with E-state index < -0.39 is 5.97 Å². The first kappa shape index (κ1) is 22.5. The molecule has 0 saturated heterocycles. The summed E-state index contributed by atoms with van der Waals surface area (Å²) in [5.74, 6) is 0.223. The molecular formula is C25H19ClN2O4S. The quantitative estimate of drug-likeness (QED) is 0.163. The van der Waals surface area contributed by atoms with E-state index in [-0.39, 0.29) is 5.91 Å². The lowest BCUT2D eigenvalue weighted by Crippen LogP contribution is -2.17. The number of nitrogens with one attached hydrogen (secondary N) is 1. The Kier molecular flexibility index (Phi) is 6.72. The molecule has 1 amide bonds. The van der Waals surface area contributed by atoms with Gasteiger partial charge in [-0.2, -0.15) is 5.10 Å². The molecule has 0 bridgehead atoms. The van der Waals surface area contributed by atoms with Crippen molar-refractivity contribution in [1.82, 2.24) is 5.43 Å². The molecule has 0 atom stereocenters. The summed E-state index contributed by atoms with van der Waals surface area (Å²) in [6, 6.07) is 19.4. The topological polar surface area (TPSA) is 77.0 Å². The summed E-state index contributed by atoms with van der Waals surface area (Å²) >= 11 is 7.64. The summed E-state index contributed by atoms with van der Waals surface area (Å²) in [7, 11) is 1.58. The van der Waals surface area contributed by atoms with Gasteiger partial charge in [0, 0.05) is 15.6 Å². The first-order valence-corrected chi connectivity index (χ1v) is 11.1. The number of halogens is 1. The molecule has 8 heteroatoms. The summed E-state index contributed by atoms with van der Waals surface area (Å²) in [6.45, 7) is 1.95. The summed E-state index contributed by atoms with van der Waals surface area (Å²) in [4.78, 5) is 25.1. The van der Waals surface area contributed by atoms with Crippen LogP contribution in [0.2, 0.25) is 5.02 Å². The van der Waals surface area contributed by atoms with Crippen molar-refractivity contribution in [1.29, 1.82) is 0 Å². The average Bonchev–Trinajstić information content (AvgIpc) is 3.16. The number of methoxy groups -OCH3 is 1. The van der Waals surface area contributed by atoms with Crippen molar-refractivity contribution in [3.05, 3.63) is 93.3 Å². The molecule has 0 spiro atoms. The maximum absolute atomic E-state index is 12.6. The standard InChI is InChI=1S/C25H19ClN2O4S/c1-15-3-7-17(8-4-15)24(29)28-27-14-16-5-9-18(10-6-16)32-25(30)23-22(26)20-12-11-19(31-2)13-21(20)33-23/h3-14H,1-2H3,(H,28,29)/b27-14+. The van der Waals surface area contributed by atoms with Crippen molar-refractivity contribution >= 4 is 51.1 Å². The molecule has 0 saturated carbocycles. The van der Waals surface area contributed by atoms with Crippen LogP contribution in [0.3, 0.4) is 0 Å². The van der Waals surface area contributed by atoms with Crippen molar-refractivity contribution in [2.45, 2.75) is 6.92 Å². The van der Waals surface area contributed by atoms with Gasteiger partial charge in [-0.25, -0.2) is 10.2 Å². The van der Waals surface area contributed by atoms with Crippen molar-refractivity contribution < 1.29 is 19.1 Å². The number of aryl methyl sites for hydroxylation is 1. The average molecular weight is 479 g/mol. The number of nitrogens with zero attached hydrogens (tertiary/aromatic N) is 1. The van der Waals surface area contributed by atoms with Crippen molar-refractivity contribution in [2.24, 2.45) is 5.10 Å². The zero-order valence-electron chi connectivity index (χ0n) is 17.8. The zero-order chi connectivity index (χ0) is 23.4. The van der Waals surface area contributed by atoms with Gasteiger partial charge in [0.1, 0.15) is 16.4 Å². The molecule has 6 nitrogen and oxygen atoms in total. The Bertz CT molecular complexity index is 1350. The maximum atomic E-state index is 12.6. The van der Waals surface area contributed by atoms with Crippen LogP contribution in [0.5, 0.6) is 11.5 Å². The monoisotopic (exact) mass is 478 g/mol. The number of thiophene rings is 1. The van der Waals surface area contributed by atoms with Gasteiger partial charge in [-0.1, -0.05) is 29.3 Å². The Hall–Kier alpha value is -3.68. The highest BCUT2D eigenvalue weighted by atomic mass is 35.5. The van der Waals surface area contributed by atoms with Crippen LogP contribution >= 0.6 is 22.9 Å². The number of amides is 1. The molecule has 3 aromatic carbocycles. The third kappa shape index (κ3) is 5.22. The van der Waals surface area contributed by atoms with Gasteiger partial charge in [0.15, 0.2) is 0 Å². The van der Waals surface area contributed by atoms with Gasteiger partial charge in [0.05, 0.1) is 18.3 Å². The maximum Gasteiger partial charge on any atom is 0.355 e.